The van der Waals surface area contributed by atoms with Crippen molar-refractivity contribution in [2.24, 2.45) is 10.7 Å². The number of nitrogens with one attached hydrogen (secondary N) is 1. The molecular weight excluding hydrogens is 414 g/mol. The van der Waals surface area contributed by atoms with Crippen molar-refractivity contribution in [2.75, 3.05) is 43.5 Å². The van der Waals surface area contributed by atoms with E-state index in [1.165, 1.54) is 18.5 Å². The van der Waals surface area contributed by atoms with Crippen LogP contribution in [0.4, 0.5) is 11.4 Å². The number of rotatable bonds is 5. The predicted molar refractivity (Wildman–Crippen MR) is 135 cm³/mol. The van der Waals surface area contributed by atoms with E-state index < -0.39 is 0 Å². The molecule has 1 aliphatic carbocycles. The van der Waals surface area contributed by atoms with Gasteiger partial charge in [-0.3, -0.25) is 4.79 Å². The molecule has 7 heteroatoms. The van der Waals surface area contributed by atoms with Crippen LogP contribution < -0.4 is 20.7 Å². The zero-order valence-corrected chi connectivity index (χ0v) is 19.7. The summed E-state index contributed by atoms with van der Waals surface area (Å²) in [7, 11) is 1.70. The molecule has 0 radical (unpaired) electrons. The van der Waals surface area contributed by atoms with E-state index in [0.717, 1.165) is 56.4 Å². The number of piperazine rings is 1. The van der Waals surface area contributed by atoms with Gasteiger partial charge < -0.3 is 25.6 Å². The van der Waals surface area contributed by atoms with E-state index in [0.29, 0.717) is 5.56 Å². The monoisotopic (exact) mass is 449 g/mol. The Hall–Kier alpha value is -3.06. The number of methoxy groups -OCH3 is 1. The lowest BCUT2D eigenvalue weighted by atomic mass is 9.91. The molecule has 7 nitrogen and oxygen atoms in total. The number of aliphatic imine (C=N–C) groups is 1. The average Bonchev–Trinajstić information content (AvgIpc) is 2.85. The van der Waals surface area contributed by atoms with E-state index in [9.17, 15) is 4.79 Å². The van der Waals surface area contributed by atoms with E-state index in [1.54, 1.807) is 14.0 Å². The SMILES string of the molecule is COc1cccc(N2CCN(C(=N[C@H]3CCCC[C@@H]3N)Nc3cccc(C(C)=O)c3)CC2)c1. The fourth-order valence-corrected chi connectivity index (χ4v) is 4.58. The minimum atomic E-state index is 0.0540. The van der Waals surface area contributed by atoms with Crippen LogP contribution in [0.25, 0.3) is 0 Å². The maximum absolute atomic E-state index is 11.9. The number of carbonyl (C=O) groups is 1. The highest BCUT2D eigenvalue weighted by Gasteiger charge is 2.25. The second-order valence-electron chi connectivity index (χ2n) is 8.91. The molecule has 2 fully saturated rings. The number of hydrogen-bond donors (Lipinski definition) is 2. The van der Waals surface area contributed by atoms with Crippen molar-refractivity contribution in [2.45, 2.75) is 44.7 Å². The Morgan fingerprint density at radius 3 is 2.55 bits per heavy atom. The minimum absolute atomic E-state index is 0.0540. The largest absolute Gasteiger partial charge is 0.497 e. The molecule has 1 saturated heterocycles. The first kappa shape index (κ1) is 23.1. The van der Waals surface area contributed by atoms with Gasteiger partial charge in [-0.25, -0.2) is 4.99 Å². The van der Waals surface area contributed by atoms with E-state index in [2.05, 4.69) is 27.2 Å². The van der Waals surface area contributed by atoms with Crippen LogP contribution in [0, 0.1) is 0 Å². The zero-order chi connectivity index (χ0) is 23.2. The van der Waals surface area contributed by atoms with Crippen LogP contribution in [-0.2, 0) is 0 Å². The third-order valence-corrected chi connectivity index (χ3v) is 6.59. The number of hydrogen-bond acceptors (Lipinski definition) is 5. The van der Waals surface area contributed by atoms with Gasteiger partial charge in [0.25, 0.3) is 0 Å². The highest BCUT2D eigenvalue weighted by atomic mass is 16.5. The molecule has 2 aromatic rings. The average molecular weight is 450 g/mol. The summed E-state index contributed by atoms with van der Waals surface area (Å²) in [5.41, 5.74) is 9.16. The van der Waals surface area contributed by atoms with Gasteiger partial charge in [-0.15, -0.1) is 0 Å². The molecule has 3 N–H and O–H groups in total. The molecule has 1 aliphatic heterocycles. The molecule has 0 unspecified atom stereocenters. The van der Waals surface area contributed by atoms with Gasteiger partial charge in [0.1, 0.15) is 5.75 Å². The quantitative estimate of drug-likeness (QED) is 0.411. The fraction of sp³-hybridized carbons (Fsp3) is 0.462. The molecule has 0 aromatic heterocycles. The smallest absolute Gasteiger partial charge is 0.198 e. The molecule has 33 heavy (non-hydrogen) atoms. The van der Waals surface area contributed by atoms with Crippen LogP contribution in [0.5, 0.6) is 5.75 Å². The highest BCUT2D eigenvalue weighted by Crippen LogP contribution is 2.24. The van der Waals surface area contributed by atoms with Gasteiger partial charge >= 0.3 is 0 Å². The van der Waals surface area contributed by atoms with Gasteiger partial charge in [-0.2, -0.15) is 0 Å². The Kier molecular flexibility index (Phi) is 7.50. The summed E-state index contributed by atoms with van der Waals surface area (Å²) in [6, 6.07) is 16.0. The van der Waals surface area contributed by atoms with Crippen molar-refractivity contribution in [1.82, 2.24) is 4.90 Å². The third-order valence-electron chi connectivity index (χ3n) is 6.59. The first-order valence-electron chi connectivity index (χ1n) is 11.9. The molecule has 176 valence electrons. The number of ether oxygens (including phenoxy) is 1. The van der Waals surface area contributed by atoms with Crippen molar-refractivity contribution in [3.63, 3.8) is 0 Å². The van der Waals surface area contributed by atoms with Crippen LogP contribution in [0.2, 0.25) is 0 Å². The third kappa shape index (κ3) is 5.85. The van der Waals surface area contributed by atoms with Crippen molar-refractivity contribution in [1.29, 1.82) is 0 Å². The Morgan fingerprint density at radius 1 is 1.06 bits per heavy atom. The Bertz CT molecular complexity index is 984. The zero-order valence-electron chi connectivity index (χ0n) is 19.7. The van der Waals surface area contributed by atoms with E-state index >= 15 is 0 Å². The molecule has 2 atom stereocenters. The maximum atomic E-state index is 11.9. The molecule has 4 rings (SSSR count). The second kappa shape index (κ2) is 10.7. The summed E-state index contributed by atoms with van der Waals surface area (Å²) in [6.45, 7) is 5.05. The maximum Gasteiger partial charge on any atom is 0.198 e. The van der Waals surface area contributed by atoms with E-state index in [1.807, 2.05) is 36.4 Å². The van der Waals surface area contributed by atoms with Gasteiger partial charge in [0.2, 0.25) is 0 Å². The van der Waals surface area contributed by atoms with Crippen LogP contribution in [-0.4, -0.2) is 62.0 Å². The first-order valence-corrected chi connectivity index (χ1v) is 11.9. The number of guanidine groups is 1. The number of Topliss-reactive ketones (excluding diaryl/α,β-unsaturated/α-hetero) is 1. The summed E-state index contributed by atoms with van der Waals surface area (Å²) >= 11 is 0. The summed E-state index contributed by atoms with van der Waals surface area (Å²) in [4.78, 5) is 21.7. The number of ketones is 1. The topological polar surface area (TPSA) is 83.2 Å². The number of nitrogens with two attached hydrogens (primary N) is 1. The van der Waals surface area contributed by atoms with Gasteiger partial charge in [-0.05, 0) is 44.0 Å². The van der Waals surface area contributed by atoms with Crippen molar-refractivity contribution < 1.29 is 9.53 Å². The molecule has 2 aromatic carbocycles. The lowest BCUT2D eigenvalue weighted by Gasteiger charge is -2.38. The molecule has 0 spiro atoms. The minimum Gasteiger partial charge on any atom is -0.497 e. The van der Waals surface area contributed by atoms with Crippen molar-refractivity contribution in [3.8, 4) is 5.75 Å². The van der Waals surface area contributed by atoms with Gasteiger partial charge in [-0.1, -0.05) is 31.0 Å². The van der Waals surface area contributed by atoms with E-state index in [4.69, 9.17) is 15.5 Å². The summed E-state index contributed by atoms with van der Waals surface area (Å²) in [6.07, 6.45) is 4.38. The van der Waals surface area contributed by atoms with Gasteiger partial charge in [0.15, 0.2) is 11.7 Å². The number of anilines is 2. The summed E-state index contributed by atoms with van der Waals surface area (Å²) in [5, 5.41) is 3.51. The molecule has 0 bridgehead atoms. The fourth-order valence-electron chi connectivity index (χ4n) is 4.58. The van der Waals surface area contributed by atoms with Crippen LogP contribution in [0.15, 0.2) is 53.5 Å². The lowest BCUT2D eigenvalue weighted by Crippen LogP contribution is -2.51. The summed E-state index contributed by atoms with van der Waals surface area (Å²) < 4.78 is 5.39. The number of nitrogens with zero attached hydrogens (tertiary/aromatic N) is 3. The van der Waals surface area contributed by atoms with Crippen LogP contribution in [0.1, 0.15) is 43.0 Å². The Morgan fingerprint density at radius 2 is 1.82 bits per heavy atom. The van der Waals surface area contributed by atoms with Crippen molar-refractivity contribution in [3.05, 3.63) is 54.1 Å². The predicted octanol–water partition coefficient (Wildman–Crippen LogP) is 3.76. The molecule has 1 saturated carbocycles. The molecule has 0 amide bonds. The van der Waals surface area contributed by atoms with Crippen LogP contribution >= 0.6 is 0 Å². The molecule has 1 heterocycles. The van der Waals surface area contributed by atoms with E-state index in [-0.39, 0.29) is 17.9 Å². The van der Waals surface area contributed by atoms with Crippen molar-refractivity contribution >= 4 is 23.1 Å². The Balaban J connectivity index is 1.52. The Labute approximate surface area is 196 Å². The number of benzene rings is 2. The molecular formula is C26H35N5O2. The summed E-state index contributed by atoms with van der Waals surface area (Å²) in [5.74, 6) is 1.78. The first-order chi connectivity index (χ1) is 16.0. The lowest BCUT2D eigenvalue weighted by molar-refractivity contribution is 0.101. The van der Waals surface area contributed by atoms with Crippen LogP contribution in [0.3, 0.4) is 0 Å². The van der Waals surface area contributed by atoms with Gasteiger partial charge in [0.05, 0.1) is 13.2 Å². The highest BCUT2D eigenvalue weighted by molar-refractivity contribution is 5.98. The number of carbonyl (C=O) groups excluding carboxylic acids is 1. The molecule has 2 aliphatic rings. The normalized spacial score (nSPS) is 21.6. The van der Waals surface area contributed by atoms with Gasteiger partial charge in [0, 0.05) is 55.2 Å². The second-order valence-corrected chi connectivity index (χ2v) is 8.91. The standard InChI is InChI=1S/C26H35N5O2/c1-19(32)20-7-5-8-21(17-20)28-26(29-25-12-4-3-11-24(25)27)31-15-13-30(14-16-31)22-9-6-10-23(18-22)33-2/h5-10,17-18,24-25H,3-4,11-16,27H2,1-2H3,(H,28,29)/t24-,25-/m0/s1.